The molecule has 84 valence electrons. The van der Waals surface area contributed by atoms with Gasteiger partial charge in [-0.3, -0.25) is 0 Å². The van der Waals surface area contributed by atoms with Gasteiger partial charge in [-0.25, -0.2) is 4.98 Å². The second kappa shape index (κ2) is 3.59. The van der Waals surface area contributed by atoms with Crippen LogP contribution < -0.4 is 5.73 Å². The van der Waals surface area contributed by atoms with E-state index in [0.29, 0.717) is 12.5 Å². The van der Waals surface area contributed by atoms with Gasteiger partial charge in [0.15, 0.2) is 0 Å². The van der Waals surface area contributed by atoms with E-state index in [9.17, 15) is 0 Å². The molecule has 0 saturated heterocycles. The van der Waals surface area contributed by atoms with Crippen molar-refractivity contribution in [3.63, 3.8) is 0 Å². The summed E-state index contributed by atoms with van der Waals surface area (Å²) in [5.74, 6) is 1.93. The van der Waals surface area contributed by atoms with Crippen LogP contribution in [0.2, 0.25) is 0 Å². The highest BCUT2D eigenvalue weighted by atomic mass is 15.0. The molecule has 0 atom stereocenters. The molecule has 0 spiro atoms. The van der Waals surface area contributed by atoms with Crippen LogP contribution in [0.3, 0.4) is 0 Å². The van der Waals surface area contributed by atoms with Crippen molar-refractivity contribution in [3.05, 3.63) is 35.4 Å². The zero-order valence-electron chi connectivity index (χ0n) is 9.61. The van der Waals surface area contributed by atoms with E-state index in [1.807, 2.05) is 0 Å². The van der Waals surface area contributed by atoms with Crippen LogP contribution in [0, 0.1) is 6.92 Å². The third kappa shape index (κ3) is 1.52. The number of fused-ring (bicyclic) bond motifs is 1. The standard InChI is InChI=1S/C13H17N3/c1-9-12-5-2-10(6-7-14)8-16(12)13(15-9)11-3-4-11/h2,5,8,11H,3-4,6-7,14H2,1H3. The fraction of sp³-hybridized carbons (Fsp3) is 0.462. The van der Waals surface area contributed by atoms with Crippen molar-refractivity contribution in [1.29, 1.82) is 0 Å². The number of hydrogen-bond acceptors (Lipinski definition) is 2. The third-order valence-corrected chi connectivity index (χ3v) is 3.29. The van der Waals surface area contributed by atoms with Gasteiger partial charge in [-0.1, -0.05) is 6.07 Å². The number of aryl methyl sites for hydroxylation is 1. The number of rotatable bonds is 3. The number of pyridine rings is 1. The Bertz CT molecular complexity index is 523. The van der Waals surface area contributed by atoms with Crippen LogP contribution in [0.15, 0.2) is 18.3 Å². The van der Waals surface area contributed by atoms with Crippen LogP contribution >= 0.6 is 0 Å². The van der Waals surface area contributed by atoms with Crippen LogP contribution in [-0.4, -0.2) is 15.9 Å². The minimum atomic E-state index is 0.689. The maximum Gasteiger partial charge on any atom is 0.116 e. The van der Waals surface area contributed by atoms with Crippen molar-refractivity contribution in [2.75, 3.05) is 6.54 Å². The van der Waals surface area contributed by atoms with E-state index in [2.05, 4.69) is 34.6 Å². The van der Waals surface area contributed by atoms with Gasteiger partial charge >= 0.3 is 0 Å². The molecule has 0 aromatic carbocycles. The topological polar surface area (TPSA) is 43.3 Å². The van der Waals surface area contributed by atoms with Crippen molar-refractivity contribution in [3.8, 4) is 0 Å². The van der Waals surface area contributed by atoms with E-state index in [1.54, 1.807) is 0 Å². The van der Waals surface area contributed by atoms with E-state index in [0.717, 1.165) is 12.1 Å². The third-order valence-electron chi connectivity index (χ3n) is 3.29. The molecule has 0 unspecified atom stereocenters. The van der Waals surface area contributed by atoms with Crippen LogP contribution in [0.1, 0.15) is 35.8 Å². The Morgan fingerprint density at radius 1 is 1.44 bits per heavy atom. The second-order valence-corrected chi connectivity index (χ2v) is 4.66. The molecule has 3 rings (SSSR count). The first-order chi connectivity index (χ1) is 7.79. The number of nitrogens with two attached hydrogens (primary N) is 1. The summed E-state index contributed by atoms with van der Waals surface area (Å²) in [6, 6.07) is 4.33. The SMILES string of the molecule is Cc1nc(C2CC2)n2cc(CCN)ccc12. The summed E-state index contributed by atoms with van der Waals surface area (Å²) < 4.78 is 2.26. The largest absolute Gasteiger partial charge is 0.330 e. The maximum atomic E-state index is 5.60. The molecule has 3 heteroatoms. The van der Waals surface area contributed by atoms with Crippen molar-refractivity contribution in [1.82, 2.24) is 9.38 Å². The molecule has 2 aromatic heterocycles. The average Bonchev–Trinajstić information content (AvgIpc) is 3.06. The highest BCUT2D eigenvalue weighted by molar-refractivity contribution is 5.54. The Morgan fingerprint density at radius 2 is 2.25 bits per heavy atom. The molecule has 16 heavy (non-hydrogen) atoms. The Balaban J connectivity index is 2.15. The molecule has 0 aliphatic heterocycles. The Morgan fingerprint density at radius 3 is 2.94 bits per heavy atom. The summed E-state index contributed by atoms with van der Waals surface area (Å²) in [5, 5.41) is 0. The first-order valence-electron chi connectivity index (χ1n) is 5.97. The molecule has 0 radical (unpaired) electrons. The fourth-order valence-electron chi connectivity index (χ4n) is 2.26. The molecule has 0 amide bonds. The van der Waals surface area contributed by atoms with Crippen molar-refractivity contribution in [2.24, 2.45) is 5.73 Å². The van der Waals surface area contributed by atoms with Crippen LogP contribution in [0.5, 0.6) is 0 Å². The summed E-state index contributed by atoms with van der Waals surface area (Å²) >= 11 is 0. The minimum Gasteiger partial charge on any atom is -0.330 e. The number of hydrogen-bond donors (Lipinski definition) is 1. The lowest BCUT2D eigenvalue weighted by Crippen LogP contribution is -2.04. The van der Waals surface area contributed by atoms with E-state index in [4.69, 9.17) is 5.73 Å². The zero-order chi connectivity index (χ0) is 11.1. The first-order valence-corrected chi connectivity index (χ1v) is 5.97. The van der Waals surface area contributed by atoms with Gasteiger partial charge in [0.25, 0.3) is 0 Å². The molecular formula is C13H17N3. The number of imidazole rings is 1. The zero-order valence-corrected chi connectivity index (χ0v) is 9.61. The van der Waals surface area contributed by atoms with Gasteiger partial charge in [0.2, 0.25) is 0 Å². The lowest BCUT2D eigenvalue weighted by molar-refractivity contribution is 0.894. The van der Waals surface area contributed by atoms with Gasteiger partial charge in [-0.15, -0.1) is 0 Å². The maximum absolute atomic E-state index is 5.60. The fourth-order valence-corrected chi connectivity index (χ4v) is 2.26. The molecular weight excluding hydrogens is 198 g/mol. The molecule has 1 aliphatic carbocycles. The first kappa shape index (κ1) is 9.85. The minimum absolute atomic E-state index is 0.689. The van der Waals surface area contributed by atoms with Gasteiger partial charge in [0, 0.05) is 12.1 Å². The molecule has 1 fully saturated rings. The highest BCUT2D eigenvalue weighted by Gasteiger charge is 2.28. The Kier molecular flexibility index (Phi) is 2.21. The quantitative estimate of drug-likeness (QED) is 0.851. The highest BCUT2D eigenvalue weighted by Crippen LogP contribution is 2.39. The molecule has 1 saturated carbocycles. The van der Waals surface area contributed by atoms with Gasteiger partial charge in [0.1, 0.15) is 5.82 Å². The summed E-state index contributed by atoms with van der Waals surface area (Å²) in [7, 11) is 0. The molecule has 1 aliphatic rings. The number of aromatic nitrogens is 2. The predicted octanol–water partition coefficient (Wildman–Crippen LogP) is 2.02. The van der Waals surface area contributed by atoms with E-state index in [1.165, 1.54) is 29.7 Å². The van der Waals surface area contributed by atoms with Crippen molar-refractivity contribution in [2.45, 2.75) is 32.1 Å². The van der Waals surface area contributed by atoms with Crippen LogP contribution in [0.25, 0.3) is 5.52 Å². The van der Waals surface area contributed by atoms with E-state index < -0.39 is 0 Å². The van der Waals surface area contributed by atoms with Gasteiger partial charge in [0.05, 0.1) is 11.2 Å². The Hall–Kier alpha value is -1.35. The molecule has 2 aromatic rings. The van der Waals surface area contributed by atoms with Gasteiger partial charge < -0.3 is 10.1 Å². The van der Waals surface area contributed by atoms with Gasteiger partial charge in [-0.05, 0) is 44.4 Å². The average molecular weight is 215 g/mol. The van der Waals surface area contributed by atoms with Crippen LogP contribution in [0.4, 0.5) is 0 Å². The lowest BCUT2D eigenvalue weighted by atomic mass is 10.2. The van der Waals surface area contributed by atoms with E-state index in [-0.39, 0.29) is 0 Å². The molecule has 3 nitrogen and oxygen atoms in total. The van der Waals surface area contributed by atoms with E-state index >= 15 is 0 Å². The summed E-state index contributed by atoms with van der Waals surface area (Å²) in [6.45, 7) is 2.79. The number of nitrogens with zero attached hydrogens (tertiary/aromatic N) is 2. The molecule has 2 heterocycles. The van der Waals surface area contributed by atoms with Crippen LogP contribution in [-0.2, 0) is 6.42 Å². The monoisotopic (exact) mass is 215 g/mol. The molecule has 0 bridgehead atoms. The Labute approximate surface area is 95.3 Å². The predicted molar refractivity (Wildman–Crippen MR) is 64.7 cm³/mol. The molecule has 2 N–H and O–H groups in total. The smallest absolute Gasteiger partial charge is 0.116 e. The van der Waals surface area contributed by atoms with Crippen molar-refractivity contribution >= 4 is 5.52 Å². The van der Waals surface area contributed by atoms with Gasteiger partial charge in [-0.2, -0.15) is 0 Å². The lowest BCUT2D eigenvalue weighted by Gasteiger charge is -2.03. The summed E-state index contributed by atoms with van der Waals surface area (Å²) in [4.78, 5) is 4.68. The summed E-state index contributed by atoms with van der Waals surface area (Å²) in [5.41, 5.74) is 9.27. The summed E-state index contributed by atoms with van der Waals surface area (Å²) in [6.07, 6.45) is 5.73. The van der Waals surface area contributed by atoms with Crippen molar-refractivity contribution < 1.29 is 0 Å². The second-order valence-electron chi connectivity index (χ2n) is 4.66. The normalized spacial score (nSPS) is 15.9.